The number of aryl methyl sites for hydroxylation is 1. The van der Waals surface area contributed by atoms with Gasteiger partial charge in [-0.05, 0) is 48.4 Å². The Morgan fingerprint density at radius 1 is 1.16 bits per heavy atom. The van der Waals surface area contributed by atoms with Crippen molar-refractivity contribution >= 4 is 23.2 Å². The molecule has 2 rings (SSSR count). The van der Waals surface area contributed by atoms with Crippen LogP contribution in [-0.2, 0) is 11.2 Å². The first kappa shape index (κ1) is 13.6. The SMILES string of the molecule is O=C(CCc1cccc(Cl)c1)Nc1ccc(F)cc1. The van der Waals surface area contributed by atoms with Crippen LogP contribution in [0.1, 0.15) is 12.0 Å². The molecule has 0 heterocycles. The predicted octanol–water partition coefficient (Wildman–Crippen LogP) is 4.05. The molecule has 0 unspecified atom stereocenters. The van der Waals surface area contributed by atoms with E-state index < -0.39 is 0 Å². The molecule has 0 bridgehead atoms. The van der Waals surface area contributed by atoms with Gasteiger partial charge in [-0.15, -0.1) is 0 Å². The number of benzene rings is 2. The summed E-state index contributed by atoms with van der Waals surface area (Å²) in [6.07, 6.45) is 0.977. The van der Waals surface area contributed by atoms with Gasteiger partial charge >= 0.3 is 0 Å². The lowest BCUT2D eigenvalue weighted by Gasteiger charge is -2.05. The highest BCUT2D eigenvalue weighted by molar-refractivity contribution is 6.30. The number of anilines is 1. The number of hydrogen-bond acceptors (Lipinski definition) is 1. The standard InChI is InChI=1S/C15H13ClFNO/c16-12-3-1-2-11(10-12)4-9-15(19)18-14-7-5-13(17)6-8-14/h1-3,5-8,10H,4,9H2,(H,18,19). The number of carbonyl (C=O) groups excluding carboxylic acids is 1. The summed E-state index contributed by atoms with van der Waals surface area (Å²) in [4.78, 5) is 11.7. The normalized spacial score (nSPS) is 10.2. The summed E-state index contributed by atoms with van der Waals surface area (Å²) in [6, 6.07) is 13.1. The van der Waals surface area contributed by atoms with Gasteiger partial charge in [0.1, 0.15) is 5.82 Å². The van der Waals surface area contributed by atoms with Crippen LogP contribution in [0.15, 0.2) is 48.5 Å². The smallest absolute Gasteiger partial charge is 0.224 e. The molecule has 2 aromatic rings. The lowest BCUT2D eigenvalue weighted by molar-refractivity contribution is -0.116. The molecule has 98 valence electrons. The molecular formula is C15H13ClFNO. The summed E-state index contributed by atoms with van der Waals surface area (Å²) in [5.41, 5.74) is 1.61. The fourth-order valence-electron chi connectivity index (χ4n) is 1.71. The van der Waals surface area contributed by atoms with Gasteiger partial charge in [0.05, 0.1) is 0 Å². The zero-order chi connectivity index (χ0) is 13.7. The third-order valence-electron chi connectivity index (χ3n) is 2.66. The van der Waals surface area contributed by atoms with E-state index in [2.05, 4.69) is 5.32 Å². The van der Waals surface area contributed by atoms with E-state index in [0.29, 0.717) is 23.6 Å². The highest BCUT2D eigenvalue weighted by atomic mass is 35.5. The zero-order valence-electron chi connectivity index (χ0n) is 10.2. The largest absolute Gasteiger partial charge is 0.326 e. The first-order valence-electron chi connectivity index (χ1n) is 5.93. The predicted molar refractivity (Wildman–Crippen MR) is 74.8 cm³/mol. The maximum atomic E-state index is 12.7. The van der Waals surface area contributed by atoms with Gasteiger partial charge in [-0.1, -0.05) is 23.7 Å². The highest BCUT2D eigenvalue weighted by Gasteiger charge is 2.03. The molecule has 4 heteroatoms. The van der Waals surface area contributed by atoms with Gasteiger partial charge in [0.2, 0.25) is 5.91 Å². The van der Waals surface area contributed by atoms with E-state index in [4.69, 9.17) is 11.6 Å². The van der Waals surface area contributed by atoms with Crippen molar-refractivity contribution in [2.45, 2.75) is 12.8 Å². The Bertz CT molecular complexity index is 569. The van der Waals surface area contributed by atoms with E-state index in [1.54, 1.807) is 6.07 Å². The molecule has 0 aromatic heterocycles. The molecule has 0 aliphatic heterocycles. The van der Waals surface area contributed by atoms with Gasteiger partial charge < -0.3 is 5.32 Å². The molecule has 0 spiro atoms. The molecular weight excluding hydrogens is 265 g/mol. The number of rotatable bonds is 4. The van der Waals surface area contributed by atoms with Crippen molar-refractivity contribution in [3.8, 4) is 0 Å². The molecule has 0 aliphatic rings. The van der Waals surface area contributed by atoms with E-state index in [9.17, 15) is 9.18 Å². The number of nitrogens with one attached hydrogen (secondary N) is 1. The van der Waals surface area contributed by atoms with Crippen molar-refractivity contribution in [1.29, 1.82) is 0 Å². The molecule has 19 heavy (non-hydrogen) atoms. The summed E-state index contributed by atoms with van der Waals surface area (Å²) in [5, 5.41) is 3.38. The second kappa shape index (κ2) is 6.34. The first-order valence-corrected chi connectivity index (χ1v) is 6.31. The summed E-state index contributed by atoms with van der Waals surface area (Å²) in [6.45, 7) is 0. The fraction of sp³-hybridized carbons (Fsp3) is 0.133. The molecule has 0 saturated heterocycles. The van der Waals surface area contributed by atoms with Crippen LogP contribution in [0.3, 0.4) is 0 Å². The second-order valence-corrected chi connectivity index (χ2v) is 4.62. The Hall–Kier alpha value is -1.87. The van der Waals surface area contributed by atoms with Crippen LogP contribution in [0.25, 0.3) is 0 Å². The van der Waals surface area contributed by atoms with Crippen LogP contribution in [0.4, 0.5) is 10.1 Å². The summed E-state index contributed by atoms with van der Waals surface area (Å²) in [5.74, 6) is -0.427. The lowest BCUT2D eigenvalue weighted by Crippen LogP contribution is -2.12. The quantitative estimate of drug-likeness (QED) is 0.897. The van der Waals surface area contributed by atoms with E-state index in [1.165, 1.54) is 24.3 Å². The number of halogens is 2. The van der Waals surface area contributed by atoms with Crippen molar-refractivity contribution in [3.05, 3.63) is 64.9 Å². The van der Waals surface area contributed by atoms with Gasteiger partial charge in [0.15, 0.2) is 0 Å². The average Bonchev–Trinajstić information content (AvgIpc) is 2.39. The molecule has 1 amide bonds. The molecule has 0 saturated carbocycles. The Morgan fingerprint density at radius 3 is 2.58 bits per heavy atom. The average molecular weight is 278 g/mol. The number of amides is 1. The third kappa shape index (κ3) is 4.38. The molecule has 2 nitrogen and oxygen atoms in total. The van der Waals surface area contributed by atoms with Crippen molar-refractivity contribution in [3.63, 3.8) is 0 Å². The summed E-state index contributed by atoms with van der Waals surface area (Å²) in [7, 11) is 0. The lowest BCUT2D eigenvalue weighted by atomic mass is 10.1. The maximum Gasteiger partial charge on any atom is 0.224 e. The minimum Gasteiger partial charge on any atom is -0.326 e. The van der Waals surface area contributed by atoms with Crippen molar-refractivity contribution < 1.29 is 9.18 Å². The number of hydrogen-bond donors (Lipinski definition) is 1. The molecule has 2 aromatic carbocycles. The van der Waals surface area contributed by atoms with Crippen molar-refractivity contribution in [2.24, 2.45) is 0 Å². The Morgan fingerprint density at radius 2 is 1.89 bits per heavy atom. The monoisotopic (exact) mass is 277 g/mol. The molecule has 0 aliphatic carbocycles. The Labute approximate surface area is 116 Å². The minimum absolute atomic E-state index is 0.105. The Balaban J connectivity index is 1.86. The third-order valence-corrected chi connectivity index (χ3v) is 2.89. The van der Waals surface area contributed by atoms with E-state index in [1.807, 2.05) is 18.2 Å². The molecule has 0 radical (unpaired) electrons. The summed E-state index contributed by atoms with van der Waals surface area (Å²) < 4.78 is 12.7. The van der Waals surface area contributed by atoms with Crippen LogP contribution in [0.2, 0.25) is 5.02 Å². The van der Waals surface area contributed by atoms with E-state index >= 15 is 0 Å². The van der Waals surface area contributed by atoms with Gasteiger partial charge in [0.25, 0.3) is 0 Å². The second-order valence-electron chi connectivity index (χ2n) is 4.18. The highest BCUT2D eigenvalue weighted by Crippen LogP contribution is 2.13. The van der Waals surface area contributed by atoms with Crippen molar-refractivity contribution in [2.75, 3.05) is 5.32 Å². The molecule has 1 N–H and O–H groups in total. The fourth-order valence-corrected chi connectivity index (χ4v) is 1.92. The minimum atomic E-state index is -0.322. The van der Waals surface area contributed by atoms with Crippen LogP contribution in [0, 0.1) is 5.82 Å². The topological polar surface area (TPSA) is 29.1 Å². The number of carbonyl (C=O) groups is 1. The van der Waals surface area contributed by atoms with Crippen LogP contribution in [-0.4, -0.2) is 5.91 Å². The zero-order valence-corrected chi connectivity index (χ0v) is 11.0. The molecule has 0 fully saturated rings. The van der Waals surface area contributed by atoms with Gasteiger partial charge in [-0.2, -0.15) is 0 Å². The van der Waals surface area contributed by atoms with Crippen LogP contribution >= 0.6 is 11.6 Å². The summed E-state index contributed by atoms with van der Waals surface area (Å²) >= 11 is 5.87. The maximum absolute atomic E-state index is 12.7. The van der Waals surface area contributed by atoms with Crippen molar-refractivity contribution in [1.82, 2.24) is 0 Å². The van der Waals surface area contributed by atoms with E-state index in [0.717, 1.165) is 5.56 Å². The molecule has 0 atom stereocenters. The first-order chi connectivity index (χ1) is 9.13. The van der Waals surface area contributed by atoms with Crippen LogP contribution < -0.4 is 5.32 Å². The Kier molecular flexibility index (Phi) is 4.53. The van der Waals surface area contributed by atoms with Gasteiger partial charge in [-0.25, -0.2) is 4.39 Å². The van der Waals surface area contributed by atoms with Crippen LogP contribution in [0.5, 0.6) is 0 Å². The van der Waals surface area contributed by atoms with E-state index in [-0.39, 0.29) is 11.7 Å². The van der Waals surface area contributed by atoms with Gasteiger partial charge in [-0.3, -0.25) is 4.79 Å². The van der Waals surface area contributed by atoms with Gasteiger partial charge in [0, 0.05) is 17.1 Å².